The molecule has 2 aliphatic heterocycles. The molecule has 2 saturated heterocycles. The second-order valence-electron chi connectivity index (χ2n) is 7.90. The fraction of sp³-hybridized carbons (Fsp3) is 0.636. The van der Waals surface area contributed by atoms with Crippen molar-refractivity contribution in [3.8, 4) is 0 Å². The van der Waals surface area contributed by atoms with Crippen LogP contribution in [-0.2, 0) is 20.7 Å². The Kier molecular flexibility index (Phi) is 8.43. The number of hydrogen-bond acceptors (Lipinski definition) is 4. The van der Waals surface area contributed by atoms with Crippen LogP contribution < -0.4 is 5.32 Å². The van der Waals surface area contributed by atoms with Gasteiger partial charge in [-0.3, -0.25) is 14.5 Å². The van der Waals surface area contributed by atoms with Gasteiger partial charge in [-0.2, -0.15) is 0 Å². The fourth-order valence-corrected chi connectivity index (χ4v) is 3.95. The molecule has 6 nitrogen and oxygen atoms in total. The lowest BCUT2D eigenvalue weighted by Crippen LogP contribution is -2.47. The van der Waals surface area contributed by atoms with E-state index in [-0.39, 0.29) is 23.5 Å². The molecule has 7 heteroatoms. The van der Waals surface area contributed by atoms with E-state index in [4.69, 9.17) is 4.74 Å². The number of piperidine rings is 1. The van der Waals surface area contributed by atoms with E-state index in [0.717, 1.165) is 57.7 Å². The van der Waals surface area contributed by atoms with Gasteiger partial charge in [0.2, 0.25) is 11.8 Å². The van der Waals surface area contributed by atoms with Gasteiger partial charge >= 0.3 is 0 Å². The van der Waals surface area contributed by atoms with E-state index in [1.807, 2.05) is 4.90 Å². The Morgan fingerprint density at radius 2 is 1.90 bits per heavy atom. The standard InChI is InChI=1S/C22H32FN3O3/c23-20-7-4-18(5-8-20)3-1-10-24-22(28)19-6-9-21(27)26(17-19)12-2-11-25-13-15-29-16-14-25/h4-5,7-8,19H,1-3,6,9-17H2,(H,24,28)/t19-/m1/s1. The highest BCUT2D eigenvalue weighted by Crippen LogP contribution is 2.18. The number of amides is 2. The lowest BCUT2D eigenvalue weighted by Gasteiger charge is -2.33. The molecule has 160 valence electrons. The van der Waals surface area contributed by atoms with Crippen LogP contribution in [-0.4, -0.2) is 74.1 Å². The molecule has 0 radical (unpaired) electrons. The second kappa shape index (κ2) is 11.3. The van der Waals surface area contributed by atoms with Crippen molar-refractivity contribution in [3.05, 3.63) is 35.6 Å². The molecule has 2 aliphatic rings. The van der Waals surface area contributed by atoms with Crippen LogP contribution in [0.4, 0.5) is 4.39 Å². The summed E-state index contributed by atoms with van der Waals surface area (Å²) < 4.78 is 18.3. The molecule has 29 heavy (non-hydrogen) atoms. The second-order valence-corrected chi connectivity index (χ2v) is 7.90. The molecule has 1 aromatic carbocycles. The zero-order chi connectivity index (χ0) is 20.5. The molecule has 1 N–H and O–H groups in total. The summed E-state index contributed by atoms with van der Waals surface area (Å²) in [5, 5.41) is 3.00. The van der Waals surface area contributed by atoms with Crippen molar-refractivity contribution in [2.75, 3.05) is 52.5 Å². The van der Waals surface area contributed by atoms with E-state index in [1.54, 1.807) is 12.1 Å². The van der Waals surface area contributed by atoms with Gasteiger partial charge in [0.1, 0.15) is 5.82 Å². The number of carbonyl (C=O) groups excluding carboxylic acids is 2. The molecular weight excluding hydrogens is 373 g/mol. The van der Waals surface area contributed by atoms with Gasteiger partial charge in [0, 0.05) is 45.7 Å². The average molecular weight is 406 g/mol. The summed E-state index contributed by atoms with van der Waals surface area (Å²) in [7, 11) is 0. The number of nitrogens with zero attached hydrogens (tertiary/aromatic N) is 2. The summed E-state index contributed by atoms with van der Waals surface area (Å²) in [5.74, 6) is -0.160. The van der Waals surface area contributed by atoms with E-state index in [0.29, 0.717) is 32.5 Å². The minimum absolute atomic E-state index is 0.0368. The maximum Gasteiger partial charge on any atom is 0.224 e. The summed E-state index contributed by atoms with van der Waals surface area (Å²) in [6.07, 6.45) is 3.62. The third-order valence-electron chi connectivity index (χ3n) is 5.73. The Balaban J connectivity index is 1.34. The van der Waals surface area contributed by atoms with Gasteiger partial charge in [0.05, 0.1) is 19.1 Å². The molecule has 0 bridgehead atoms. The van der Waals surface area contributed by atoms with Crippen LogP contribution in [0.15, 0.2) is 24.3 Å². The van der Waals surface area contributed by atoms with Crippen LogP contribution in [0, 0.1) is 11.7 Å². The molecule has 2 fully saturated rings. The Bertz CT molecular complexity index is 662. The van der Waals surface area contributed by atoms with Crippen LogP contribution in [0.1, 0.15) is 31.2 Å². The van der Waals surface area contributed by atoms with Crippen molar-refractivity contribution in [3.63, 3.8) is 0 Å². The number of ether oxygens (including phenoxy) is 1. The van der Waals surface area contributed by atoms with Crippen molar-refractivity contribution in [2.24, 2.45) is 5.92 Å². The molecule has 0 aliphatic carbocycles. The highest BCUT2D eigenvalue weighted by atomic mass is 19.1. The van der Waals surface area contributed by atoms with E-state index in [2.05, 4.69) is 10.2 Å². The smallest absolute Gasteiger partial charge is 0.224 e. The van der Waals surface area contributed by atoms with Gasteiger partial charge in [0.25, 0.3) is 0 Å². The van der Waals surface area contributed by atoms with Gasteiger partial charge in [-0.15, -0.1) is 0 Å². The number of halogens is 1. The average Bonchev–Trinajstić information content (AvgIpc) is 2.74. The van der Waals surface area contributed by atoms with E-state index in [1.165, 1.54) is 12.1 Å². The molecule has 1 aromatic rings. The number of hydrogen-bond donors (Lipinski definition) is 1. The van der Waals surface area contributed by atoms with Gasteiger partial charge < -0.3 is 15.0 Å². The normalized spacial score (nSPS) is 20.7. The summed E-state index contributed by atoms with van der Waals surface area (Å²) >= 11 is 0. The van der Waals surface area contributed by atoms with E-state index < -0.39 is 0 Å². The number of carbonyl (C=O) groups is 2. The third kappa shape index (κ3) is 7.08. The number of aryl methyl sites for hydroxylation is 1. The van der Waals surface area contributed by atoms with E-state index in [9.17, 15) is 14.0 Å². The minimum atomic E-state index is -0.233. The van der Waals surface area contributed by atoms with Crippen molar-refractivity contribution in [1.29, 1.82) is 0 Å². The quantitative estimate of drug-likeness (QED) is 0.637. The predicted octanol–water partition coefficient (Wildman–Crippen LogP) is 1.84. The molecule has 0 aromatic heterocycles. The number of rotatable bonds is 9. The van der Waals surface area contributed by atoms with Gasteiger partial charge in [-0.05, 0) is 43.4 Å². The Morgan fingerprint density at radius 1 is 1.14 bits per heavy atom. The van der Waals surface area contributed by atoms with Crippen LogP contribution in [0.3, 0.4) is 0 Å². The summed E-state index contributed by atoms with van der Waals surface area (Å²) in [6.45, 7) is 6.27. The number of morpholine rings is 1. The zero-order valence-corrected chi connectivity index (χ0v) is 17.1. The van der Waals surface area contributed by atoms with Crippen LogP contribution in [0.25, 0.3) is 0 Å². The zero-order valence-electron chi connectivity index (χ0n) is 17.1. The molecular formula is C22H32FN3O3. The molecule has 0 unspecified atom stereocenters. The largest absolute Gasteiger partial charge is 0.379 e. The number of nitrogens with one attached hydrogen (secondary N) is 1. The molecule has 2 heterocycles. The Hall–Kier alpha value is -1.99. The Morgan fingerprint density at radius 3 is 2.66 bits per heavy atom. The lowest BCUT2D eigenvalue weighted by atomic mass is 9.96. The molecule has 3 rings (SSSR count). The first-order valence-electron chi connectivity index (χ1n) is 10.7. The first kappa shape index (κ1) is 21.7. The van der Waals surface area contributed by atoms with Crippen LogP contribution in [0.5, 0.6) is 0 Å². The maximum atomic E-state index is 12.9. The number of benzene rings is 1. The summed E-state index contributed by atoms with van der Waals surface area (Å²) in [6, 6.07) is 6.47. The monoisotopic (exact) mass is 405 g/mol. The first-order valence-corrected chi connectivity index (χ1v) is 10.7. The lowest BCUT2D eigenvalue weighted by molar-refractivity contribution is -0.138. The van der Waals surface area contributed by atoms with Gasteiger partial charge in [0.15, 0.2) is 0 Å². The van der Waals surface area contributed by atoms with Crippen molar-refractivity contribution < 1.29 is 18.7 Å². The predicted molar refractivity (Wildman–Crippen MR) is 109 cm³/mol. The highest BCUT2D eigenvalue weighted by Gasteiger charge is 2.29. The first-order chi connectivity index (χ1) is 14.1. The van der Waals surface area contributed by atoms with Crippen LogP contribution >= 0.6 is 0 Å². The fourth-order valence-electron chi connectivity index (χ4n) is 3.95. The molecule has 0 spiro atoms. The third-order valence-corrected chi connectivity index (χ3v) is 5.73. The highest BCUT2D eigenvalue weighted by molar-refractivity contribution is 5.83. The van der Waals surface area contributed by atoms with Crippen molar-refractivity contribution >= 4 is 11.8 Å². The Labute approximate surface area is 172 Å². The van der Waals surface area contributed by atoms with E-state index >= 15 is 0 Å². The van der Waals surface area contributed by atoms with Crippen molar-refractivity contribution in [1.82, 2.24) is 15.1 Å². The summed E-state index contributed by atoms with van der Waals surface area (Å²) in [4.78, 5) is 28.9. The van der Waals surface area contributed by atoms with Crippen LogP contribution in [0.2, 0.25) is 0 Å². The topological polar surface area (TPSA) is 61.9 Å². The summed E-state index contributed by atoms with van der Waals surface area (Å²) in [5.41, 5.74) is 1.07. The molecule has 2 amide bonds. The van der Waals surface area contributed by atoms with Crippen molar-refractivity contribution in [2.45, 2.75) is 32.1 Å². The molecule has 1 atom stereocenters. The van der Waals surface area contributed by atoms with Gasteiger partial charge in [-0.25, -0.2) is 4.39 Å². The minimum Gasteiger partial charge on any atom is -0.379 e. The number of likely N-dealkylation sites (tertiary alicyclic amines) is 1. The SMILES string of the molecule is O=C(NCCCc1ccc(F)cc1)[C@@H]1CCC(=O)N(CCCN2CCOCC2)C1. The maximum absolute atomic E-state index is 12.9. The molecule has 0 saturated carbocycles. The van der Waals surface area contributed by atoms with Gasteiger partial charge in [-0.1, -0.05) is 12.1 Å².